The standard InChI is InChI=1S/C13H17F2NO2/c1-3-4-9-12(17)16-10-7-5-6-8-11(10)18-13(2,14)15/h5-8H,3-4,9H2,1-2H3,(H,16,17). The first-order chi connectivity index (χ1) is 8.42. The Kier molecular flexibility index (Phi) is 5.07. The molecule has 1 aromatic rings. The van der Waals surface area contributed by atoms with Crippen LogP contribution in [0.1, 0.15) is 33.1 Å². The molecule has 100 valence electrons. The molecule has 0 aliphatic rings. The second kappa shape index (κ2) is 6.33. The summed E-state index contributed by atoms with van der Waals surface area (Å²) in [4.78, 5) is 11.5. The van der Waals surface area contributed by atoms with E-state index < -0.39 is 6.11 Å². The molecule has 1 rings (SSSR count). The number of carbonyl (C=O) groups is 1. The minimum atomic E-state index is -3.27. The third kappa shape index (κ3) is 5.12. The molecule has 0 saturated carbocycles. The summed E-state index contributed by atoms with van der Waals surface area (Å²) < 4.78 is 30.1. The zero-order valence-corrected chi connectivity index (χ0v) is 10.5. The lowest BCUT2D eigenvalue weighted by Gasteiger charge is -2.16. The summed E-state index contributed by atoms with van der Waals surface area (Å²) in [6.45, 7) is 2.63. The van der Waals surface area contributed by atoms with Crippen molar-refractivity contribution in [3.8, 4) is 5.75 Å². The Hall–Kier alpha value is -1.65. The van der Waals surface area contributed by atoms with Gasteiger partial charge >= 0.3 is 6.11 Å². The number of halogens is 2. The quantitative estimate of drug-likeness (QED) is 0.841. The lowest BCUT2D eigenvalue weighted by atomic mass is 10.2. The van der Waals surface area contributed by atoms with Gasteiger partial charge in [0.05, 0.1) is 5.69 Å². The molecule has 0 aromatic heterocycles. The Morgan fingerprint density at radius 3 is 2.67 bits per heavy atom. The number of unbranched alkanes of at least 4 members (excludes halogenated alkanes) is 1. The van der Waals surface area contributed by atoms with E-state index >= 15 is 0 Å². The first-order valence-corrected chi connectivity index (χ1v) is 5.88. The summed E-state index contributed by atoms with van der Waals surface area (Å²) in [5, 5.41) is 2.57. The zero-order chi connectivity index (χ0) is 13.6. The van der Waals surface area contributed by atoms with E-state index in [2.05, 4.69) is 10.1 Å². The first-order valence-electron chi connectivity index (χ1n) is 5.88. The van der Waals surface area contributed by atoms with Crippen molar-refractivity contribution in [3.63, 3.8) is 0 Å². The van der Waals surface area contributed by atoms with Crippen LogP contribution in [-0.2, 0) is 4.79 Å². The molecule has 0 atom stereocenters. The van der Waals surface area contributed by atoms with Gasteiger partial charge < -0.3 is 10.1 Å². The molecule has 0 spiro atoms. The highest BCUT2D eigenvalue weighted by Gasteiger charge is 2.24. The van der Waals surface area contributed by atoms with Gasteiger partial charge in [0.25, 0.3) is 0 Å². The van der Waals surface area contributed by atoms with Crippen LogP contribution in [0.3, 0.4) is 0 Å². The van der Waals surface area contributed by atoms with Gasteiger partial charge in [-0.05, 0) is 18.6 Å². The van der Waals surface area contributed by atoms with Crippen LogP contribution in [0, 0.1) is 0 Å². The third-order valence-electron chi connectivity index (χ3n) is 2.21. The van der Waals surface area contributed by atoms with Gasteiger partial charge in [-0.25, -0.2) is 0 Å². The Labute approximate surface area is 105 Å². The zero-order valence-electron chi connectivity index (χ0n) is 10.5. The monoisotopic (exact) mass is 257 g/mol. The first kappa shape index (κ1) is 14.4. The molecule has 0 saturated heterocycles. The Morgan fingerprint density at radius 1 is 1.39 bits per heavy atom. The molecule has 0 radical (unpaired) electrons. The highest BCUT2D eigenvalue weighted by atomic mass is 19.3. The second-order valence-corrected chi connectivity index (χ2v) is 4.06. The van der Waals surface area contributed by atoms with Crippen molar-refractivity contribution in [2.24, 2.45) is 0 Å². The molecule has 0 aliphatic carbocycles. The van der Waals surface area contributed by atoms with Crippen LogP contribution >= 0.6 is 0 Å². The molecule has 0 unspecified atom stereocenters. The van der Waals surface area contributed by atoms with Crippen molar-refractivity contribution in [1.82, 2.24) is 0 Å². The van der Waals surface area contributed by atoms with Gasteiger partial charge in [-0.15, -0.1) is 0 Å². The largest absolute Gasteiger partial charge is 0.431 e. The molecule has 1 N–H and O–H groups in total. The SMILES string of the molecule is CCCCC(=O)Nc1ccccc1OC(C)(F)F. The highest BCUT2D eigenvalue weighted by Crippen LogP contribution is 2.29. The lowest BCUT2D eigenvalue weighted by Crippen LogP contribution is -2.21. The molecule has 3 nitrogen and oxygen atoms in total. The minimum Gasteiger partial charge on any atom is -0.431 e. The maximum Gasteiger partial charge on any atom is 0.394 e. The topological polar surface area (TPSA) is 38.3 Å². The van der Waals surface area contributed by atoms with E-state index in [0.717, 1.165) is 12.8 Å². The Morgan fingerprint density at radius 2 is 2.06 bits per heavy atom. The van der Waals surface area contributed by atoms with Crippen molar-refractivity contribution in [1.29, 1.82) is 0 Å². The predicted octanol–water partition coefficient (Wildman–Crippen LogP) is 3.81. The Balaban J connectivity index is 2.73. The summed E-state index contributed by atoms with van der Waals surface area (Å²) in [6.07, 6.45) is -1.24. The third-order valence-corrected chi connectivity index (χ3v) is 2.21. The van der Waals surface area contributed by atoms with Crippen LogP contribution in [0.5, 0.6) is 5.75 Å². The molecule has 1 aromatic carbocycles. The number of amides is 1. The summed E-state index contributed by atoms with van der Waals surface area (Å²) in [7, 11) is 0. The fraction of sp³-hybridized carbons (Fsp3) is 0.462. The number of ether oxygens (including phenoxy) is 1. The number of benzene rings is 1. The van der Waals surface area contributed by atoms with E-state index in [1.54, 1.807) is 12.1 Å². The van der Waals surface area contributed by atoms with Gasteiger partial charge in [0, 0.05) is 13.3 Å². The molecule has 1 amide bonds. The highest BCUT2D eigenvalue weighted by molar-refractivity contribution is 5.92. The van der Waals surface area contributed by atoms with Crippen LogP contribution in [0.2, 0.25) is 0 Å². The number of para-hydroxylation sites is 2. The van der Waals surface area contributed by atoms with Crippen LogP contribution < -0.4 is 10.1 Å². The summed E-state index contributed by atoms with van der Waals surface area (Å²) >= 11 is 0. The number of carbonyl (C=O) groups excluding carboxylic acids is 1. The average Bonchev–Trinajstić information content (AvgIpc) is 2.27. The number of alkyl halides is 2. The van der Waals surface area contributed by atoms with Gasteiger partial charge in [-0.3, -0.25) is 4.79 Å². The summed E-state index contributed by atoms with van der Waals surface area (Å²) in [5.41, 5.74) is 0.264. The number of hydrogen-bond donors (Lipinski definition) is 1. The van der Waals surface area contributed by atoms with E-state index in [9.17, 15) is 13.6 Å². The molecular weight excluding hydrogens is 240 g/mol. The molecule has 0 aliphatic heterocycles. The van der Waals surface area contributed by atoms with Crippen molar-refractivity contribution in [2.45, 2.75) is 39.2 Å². The van der Waals surface area contributed by atoms with E-state index in [1.807, 2.05) is 6.92 Å². The molecule has 0 heterocycles. The van der Waals surface area contributed by atoms with Crippen molar-refractivity contribution >= 4 is 11.6 Å². The number of hydrogen-bond acceptors (Lipinski definition) is 2. The van der Waals surface area contributed by atoms with Crippen LogP contribution in [-0.4, -0.2) is 12.0 Å². The number of anilines is 1. The fourth-order valence-corrected chi connectivity index (χ4v) is 1.40. The number of rotatable bonds is 6. The van der Waals surface area contributed by atoms with E-state index in [0.29, 0.717) is 13.3 Å². The van der Waals surface area contributed by atoms with Gasteiger partial charge in [0.15, 0.2) is 0 Å². The molecular formula is C13H17F2NO2. The minimum absolute atomic E-state index is 0.0325. The summed E-state index contributed by atoms with van der Waals surface area (Å²) in [5.74, 6) is -0.234. The summed E-state index contributed by atoms with van der Waals surface area (Å²) in [6, 6.07) is 6.15. The van der Waals surface area contributed by atoms with Crippen molar-refractivity contribution in [3.05, 3.63) is 24.3 Å². The molecule has 5 heteroatoms. The van der Waals surface area contributed by atoms with Gasteiger partial charge in [-0.1, -0.05) is 25.5 Å². The van der Waals surface area contributed by atoms with Gasteiger partial charge in [-0.2, -0.15) is 8.78 Å². The molecule has 0 fully saturated rings. The predicted molar refractivity (Wildman–Crippen MR) is 65.8 cm³/mol. The fourth-order valence-electron chi connectivity index (χ4n) is 1.40. The maximum absolute atomic E-state index is 12.8. The van der Waals surface area contributed by atoms with Gasteiger partial charge in [0.2, 0.25) is 5.91 Å². The van der Waals surface area contributed by atoms with Crippen molar-refractivity contribution < 1.29 is 18.3 Å². The number of nitrogens with one attached hydrogen (secondary N) is 1. The van der Waals surface area contributed by atoms with Crippen LogP contribution in [0.25, 0.3) is 0 Å². The Bertz CT molecular complexity index is 402. The van der Waals surface area contributed by atoms with Crippen molar-refractivity contribution in [2.75, 3.05) is 5.32 Å². The van der Waals surface area contributed by atoms with Gasteiger partial charge in [0.1, 0.15) is 5.75 Å². The van der Waals surface area contributed by atoms with E-state index in [1.165, 1.54) is 12.1 Å². The van der Waals surface area contributed by atoms with E-state index in [-0.39, 0.29) is 17.3 Å². The van der Waals surface area contributed by atoms with Crippen LogP contribution in [0.15, 0.2) is 24.3 Å². The molecule has 0 bridgehead atoms. The van der Waals surface area contributed by atoms with Crippen LogP contribution in [0.4, 0.5) is 14.5 Å². The maximum atomic E-state index is 12.8. The molecule has 18 heavy (non-hydrogen) atoms. The lowest BCUT2D eigenvalue weighted by molar-refractivity contribution is -0.158. The smallest absolute Gasteiger partial charge is 0.394 e. The van der Waals surface area contributed by atoms with E-state index in [4.69, 9.17) is 0 Å². The second-order valence-electron chi connectivity index (χ2n) is 4.06. The average molecular weight is 257 g/mol. The normalized spacial score (nSPS) is 11.1.